The Hall–Kier alpha value is -1.62. The van der Waals surface area contributed by atoms with E-state index in [1.54, 1.807) is 0 Å². The van der Waals surface area contributed by atoms with E-state index in [1.807, 2.05) is 6.92 Å². The van der Waals surface area contributed by atoms with Crippen LogP contribution in [0.5, 0.6) is 0 Å². The van der Waals surface area contributed by atoms with Gasteiger partial charge in [0.05, 0.1) is 17.7 Å². The van der Waals surface area contributed by atoms with Crippen LogP contribution in [0.3, 0.4) is 0 Å². The van der Waals surface area contributed by atoms with E-state index in [1.165, 1.54) is 22.9 Å². The fourth-order valence-electron chi connectivity index (χ4n) is 1.98. The lowest BCUT2D eigenvalue weighted by molar-refractivity contribution is 0.0694. The average Bonchev–Trinajstić information content (AvgIpc) is 2.65. The summed E-state index contributed by atoms with van der Waals surface area (Å²) in [6.45, 7) is 2.49. The van der Waals surface area contributed by atoms with Crippen molar-refractivity contribution in [1.29, 1.82) is 0 Å². The highest BCUT2D eigenvalue weighted by Gasteiger charge is 2.26. The standard InChI is InChI=1S/C11H13NO4/c1-7-9(4-5-16-7)12-6-8(11(14)15)2-3-10(12)13/h2-3,6-7,9H,4-5H2,1H3,(H,14,15). The SMILES string of the molecule is CC1OCCC1n1cc(C(=O)O)ccc1=O. The van der Waals surface area contributed by atoms with Crippen LogP contribution in [0.1, 0.15) is 29.7 Å². The summed E-state index contributed by atoms with van der Waals surface area (Å²) in [5.74, 6) is -1.03. The molecule has 0 saturated carbocycles. The largest absolute Gasteiger partial charge is 0.478 e. The Bertz CT molecular complexity index is 465. The Kier molecular flexibility index (Phi) is 2.78. The van der Waals surface area contributed by atoms with Crippen LogP contribution < -0.4 is 5.56 Å². The topological polar surface area (TPSA) is 68.5 Å². The van der Waals surface area contributed by atoms with E-state index in [-0.39, 0.29) is 23.3 Å². The Morgan fingerprint density at radius 1 is 1.56 bits per heavy atom. The third-order valence-electron chi connectivity index (χ3n) is 2.88. The summed E-state index contributed by atoms with van der Waals surface area (Å²) >= 11 is 0. The zero-order chi connectivity index (χ0) is 11.7. The van der Waals surface area contributed by atoms with Crippen molar-refractivity contribution < 1.29 is 14.6 Å². The van der Waals surface area contributed by atoms with Crippen LogP contribution in [-0.4, -0.2) is 28.4 Å². The number of aromatic carboxylic acids is 1. The Labute approximate surface area is 92.3 Å². The minimum absolute atomic E-state index is 0.0539. The highest BCUT2D eigenvalue weighted by molar-refractivity contribution is 5.87. The van der Waals surface area contributed by atoms with Gasteiger partial charge in [0.2, 0.25) is 0 Å². The number of carbonyl (C=O) groups is 1. The van der Waals surface area contributed by atoms with Crippen molar-refractivity contribution in [3.8, 4) is 0 Å². The van der Waals surface area contributed by atoms with Crippen molar-refractivity contribution in [2.75, 3.05) is 6.61 Å². The van der Waals surface area contributed by atoms with E-state index in [0.29, 0.717) is 6.61 Å². The molecule has 2 heterocycles. The molecule has 0 aliphatic carbocycles. The lowest BCUT2D eigenvalue weighted by Crippen LogP contribution is -2.28. The van der Waals surface area contributed by atoms with Gasteiger partial charge in [-0.3, -0.25) is 4.79 Å². The quantitative estimate of drug-likeness (QED) is 0.808. The molecule has 0 spiro atoms. The molecule has 86 valence electrons. The van der Waals surface area contributed by atoms with Gasteiger partial charge in [-0.15, -0.1) is 0 Å². The van der Waals surface area contributed by atoms with Crippen LogP contribution in [0.15, 0.2) is 23.1 Å². The van der Waals surface area contributed by atoms with Gasteiger partial charge in [0, 0.05) is 18.9 Å². The van der Waals surface area contributed by atoms with Gasteiger partial charge in [-0.25, -0.2) is 4.79 Å². The second kappa shape index (κ2) is 4.09. The Morgan fingerprint density at radius 2 is 2.31 bits per heavy atom. The predicted octanol–water partition coefficient (Wildman–Crippen LogP) is 0.896. The van der Waals surface area contributed by atoms with Crippen LogP contribution in [0.25, 0.3) is 0 Å². The molecule has 0 radical (unpaired) electrons. The molecular weight excluding hydrogens is 210 g/mol. The summed E-state index contributed by atoms with van der Waals surface area (Å²) in [5, 5.41) is 8.86. The predicted molar refractivity (Wildman–Crippen MR) is 56.7 cm³/mol. The van der Waals surface area contributed by atoms with E-state index in [0.717, 1.165) is 6.42 Å². The first-order valence-corrected chi connectivity index (χ1v) is 5.16. The van der Waals surface area contributed by atoms with Gasteiger partial charge in [0.15, 0.2) is 0 Å². The molecule has 0 amide bonds. The monoisotopic (exact) mass is 223 g/mol. The number of hydrogen-bond acceptors (Lipinski definition) is 3. The van der Waals surface area contributed by atoms with Crippen LogP contribution in [-0.2, 0) is 4.74 Å². The number of carboxylic acids is 1. The minimum Gasteiger partial charge on any atom is -0.478 e. The van der Waals surface area contributed by atoms with Gasteiger partial charge in [-0.1, -0.05) is 0 Å². The summed E-state index contributed by atoms with van der Waals surface area (Å²) in [7, 11) is 0. The van der Waals surface area contributed by atoms with Gasteiger partial charge in [0.1, 0.15) is 0 Å². The summed E-state index contributed by atoms with van der Waals surface area (Å²) in [6.07, 6.45) is 2.08. The van der Waals surface area contributed by atoms with Gasteiger partial charge in [-0.05, 0) is 19.4 Å². The fourth-order valence-corrected chi connectivity index (χ4v) is 1.98. The molecule has 1 aromatic heterocycles. The third kappa shape index (κ3) is 1.86. The zero-order valence-corrected chi connectivity index (χ0v) is 8.92. The van der Waals surface area contributed by atoms with Crippen molar-refractivity contribution in [3.05, 3.63) is 34.2 Å². The molecule has 16 heavy (non-hydrogen) atoms. The Balaban J connectivity index is 2.43. The van der Waals surface area contributed by atoms with Crippen molar-refractivity contribution in [2.24, 2.45) is 0 Å². The number of nitrogens with zero attached hydrogens (tertiary/aromatic N) is 1. The van der Waals surface area contributed by atoms with E-state index < -0.39 is 5.97 Å². The number of rotatable bonds is 2. The summed E-state index contributed by atoms with van der Waals surface area (Å²) in [6, 6.07) is 2.54. The van der Waals surface area contributed by atoms with Crippen LogP contribution >= 0.6 is 0 Å². The van der Waals surface area contributed by atoms with Crippen molar-refractivity contribution in [1.82, 2.24) is 4.57 Å². The molecule has 2 rings (SSSR count). The first kappa shape index (κ1) is 10.9. The molecule has 1 aromatic rings. The van der Waals surface area contributed by atoms with Crippen molar-refractivity contribution in [3.63, 3.8) is 0 Å². The second-order valence-electron chi connectivity index (χ2n) is 3.90. The number of hydrogen-bond donors (Lipinski definition) is 1. The van der Waals surface area contributed by atoms with Crippen molar-refractivity contribution in [2.45, 2.75) is 25.5 Å². The smallest absolute Gasteiger partial charge is 0.337 e. The molecule has 1 aliphatic heterocycles. The minimum atomic E-state index is -1.03. The highest BCUT2D eigenvalue weighted by Crippen LogP contribution is 2.24. The number of pyridine rings is 1. The normalized spacial score (nSPS) is 24.6. The van der Waals surface area contributed by atoms with E-state index in [9.17, 15) is 9.59 Å². The van der Waals surface area contributed by atoms with Gasteiger partial charge >= 0.3 is 5.97 Å². The third-order valence-corrected chi connectivity index (χ3v) is 2.88. The molecule has 0 bridgehead atoms. The van der Waals surface area contributed by atoms with Crippen LogP contribution in [0.2, 0.25) is 0 Å². The molecule has 1 aliphatic rings. The van der Waals surface area contributed by atoms with E-state index in [2.05, 4.69) is 0 Å². The maximum atomic E-state index is 11.6. The van der Waals surface area contributed by atoms with Gasteiger partial charge in [-0.2, -0.15) is 0 Å². The molecule has 2 unspecified atom stereocenters. The zero-order valence-electron chi connectivity index (χ0n) is 8.92. The van der Waals surface area contributed by atoms with Crippen LogP contribution in [0.4, 0.5) is 0 Å². The fraction of sp³-hybridized carbons (Fsp3) is 0.455. The number of carboxylic acid groups (broad SMARTS) is 1. The van der Waals surface area contributed by atoms with Crippen LogP contribution in [0, 0.1) is 0 Å². The number of ether oxygens (including phenoxy) is 1. The molecule has 5 nitrogen and oxygen atoms in total. The second-order valence-corrected chi connectivity index (χ2v) is 3.90. The molecule has 1 fully saturated rings. The van der Waals surface area contributed by atoms with Gasteiger partial charge in [0.25, 0.3) is 5.56 Å². The number of aromatic nitrogens is 1. The summed E-state index contributed by atoms with van der Waals surface area (Å²) in [5.41, 5.74) is -0.0638. The van der Waals surface area contributed by atoms with E-state index >= 15 is 0 Å². The van der Waals surface area contributed by atoms with Crippen molar-refractivity contribution >= 4 is 5.97 Å². The molecular formula is C11H13NO4. The maximum Gasteiger partial charge on any atom is 0.337 e. The average molecular weight is 223 g/mol. The molecule has 5 heteroatoms. The molecule has 2 atom stereocenters. The molecule has 1 N–H and O–H groups in total. The summed E-state index contributed by atoms with van der Waals surface area (Å²) in [4.78, 5) is 22.5. The van der Waals surface area contributed by atoms with E-state index in [4.69, 9.17) is 9.84 Å². The molecule has 0 aromatic carbocycles. The highest BCUT2D eigenvalue weighted by atomic mass is 16.5. The van der Waals surface area contributed by atoms with Gasteiger partial charge < -0.3 is 14.4 Å². The first-order valence-electron chi connectivity index (χ1n) is 5.16. The molecule has 1 saturated heterocycles. The Morgan fingerprint density at radius 3 is 2.88 bits per heavy atom. The summed E-state index contributed by atoms with van der Waals surface area (Å²) < 4.78 is 6.83. The lowest BCUT2D eigenvalue weighted by Gasteiger charge is -2.17. The lowest BCUT2D eigenvalue weighted by atomic mass is 10.1. The first-order chi connectivity index (χ1) is 7.59. The maximum absolute atomic E-state index is 11.6.